The molecule has 0 saturated carbocycles. The van der Waals surface area contributed by atoms with E-state index in [2.05, 4.69) is 4.98 Å². The van der Waals surface area contributed by atoms with Gasteiger partial charge in [0.05, 0.1) is 28.7 Å². The average Bonchev–Trinajstić information content (AvgIpc) is 3.14. The summed E-state index contributed by atoms with van der Waals surface area (Å²) >= 11 is 12.0. The van der Waals surface area contributed by atoms with Crippen molar-refractivity contribution in [3.63, 3.8) is 0 Å². The van der Waals surface area contributed by atoms with Crippen LogP contribution in [0.1, 0.15) is 12.8 Å². The minimum absolute atomic E-state index is 0.0321. The summed E-state index contributed by atoms with van der Waals surface area (Å²) in [6, 6.07) is 7.92. The first kappa shape index (κ1) is 20.3. The number of aliphatic hydroxyl groups is 1. The van der Waals surface area contributed by atoms with Crippen molar-refractivity contribution in [2.24, 2.45) is 0 Å². The van der Waals surface area contributed by atoms with Crippen LogP contribution in [0.25, 0.3) is 10.9 Å². The average molecular weight is 455 g/mol. The zero-order valence-corrected chi connectivity index (χ0v) is 17.5. The Bertz CT molecular complexity index is 1180. The van der Waals surface area contributed by atoms with Gasteiger partial charge in [-0.1, -0.05) is 23.2 Å². The van der Waals surface area contributed by atoms with Crippen molar-refractivity contribution in [2.45, 2.75) is 28.7 Å². The summed E-state index contributed by atoms with van der Waals surface area (Å²) in [5.74, 6) is -0.465. The van der Waals surface area contributed by atoms with E-state index in [0.29, 0.717) is 23.1 Å². The van der Waals surface area contributed by atoms with Gasteiger partial charge in [-0.05, 0) is 43.2 Å². The highest BCUT2D eigenvalue weighted by atomic mass is 35.5. The second kappa shape index (κ2) is 7.72. The van der Waals surface area contributed by atoms with Gasteiger partial charge in [0.1, 0.15) is 10.7 Å². The molecule has 1 aromatic heterocycles. The molecule has 0 aliphatic carbocycles. The van der Waals surface area contributed by atoms with Crippen molar-refractivity contribution in [1.82, 2.24) is 4.98 Å². The first-order valence-electron chi connectivity index (χ1n) is 8.98. The molecule has 1 atom stereocenters. The van der Waals surface area contributed by atoms with Gasteiger partial charge in [0.25, 0.3) is 0 Å². The SMILES string of the molecule is O=S(=O)(c1cc(Cl)cc(Cl)c1)c1cnc2cc(F)ccc2c1N1CCC[C@H]1CO. The Kier molecular flexibility index (Phi) is 5.42. The molecule has 0 unspecified atom stereocenters. The van der Waals surface area contributed by atoms with Crippen LogP contribution < -0.4 is 4.90 Å². The van der Waals surface area contributed by atoms with Crippen LogP contribution >= 0.6 is 23.2 Å². The molecule has 0 amide bonds. The van der Waals surface area contributed by atoms with Gasteiger partial charge in [0.2, 0.25) is 9.84 Å². The number of anilines is 1. The standard InChI is InChI=1S/C20H17Cl2FN2O3S/c21-12-6-13(22)8-16(7-12)29(27,28)19-10-24-18-9-14(23)3-4-17(18)20(19)25-5-1-2-15(25)11-26/h3-4,6-10,15,26H,1-2,5,11H2/t15-/m0/s1. The lowest BCUT2D eigenvalue weighted by Crippen LogP contribution is -2.33. The maximum Gasteiger partial charge on any atom is 0.210 e. The van der Waals surface area contributed by atoms with Gasteiger partial charge >= 0.3 is 0 Å². The smallest absolute Gasteiger partial charge is 0.210 e. The molecule has 1 saturated heterocycles. The van der Waals surface area contributed by atoms with Crippen LogP contribution in [0, 0.1) is 5.82 Å². The Morgan fingerprint density at radius 1 is 1.17 bits per heavy atom. The maximum atomic E-state index is 13.7. The summed E-state index contributed by atoms with van der Waals surface area (Å²) in [7, 11) is -4.03. The second-order valence-corrected chi connectivity index (χ2v) is 9.70. The number of pyridine rings is 1. The maximum absolute atomic E-state index is 13.7. The minimum Gasteiger partial charge on any atom is -0.394 e. The van der Waals surface area contributed by atoms with E-state index in [-0.39, 0.29) is 32.5 Å². The molecule has 1 aliphatic heterocycles. The van der Waals surface area contributed by atoms with Crippen LogP contribution in [0.2, 0.25) is 10.0 Å². The summed E-state index contributed by atoms with van der Waals surface area (Å²) in [4.78, 5) is 5.96. The van der Waals surface area contributed by atoms with E-state index in [0.717, 1.165) is 12.8 Å². The van der Waals surface area contributed by atoms with Crippen molar-refractivity contribution in [2.75, 3.05) is 18.1 Å². The molecular formula is C20H17Cl2FN2O3S. The normalized spacial score (nSPS) is 17.2. The highest BCUT2D eigenvalue weighted by molar-refractivity contribution is 7.91. The number of sulfone groups is 1. The van der Waals surface area contributed by atoms with E-state index in [9.17, 15) is 17.9 Å². The fourth-order valence-electron chi connectivity index (χ4n) is 3.76. The van der Waals surface area contributed by atoms with Crippen LogP contribution in [0.5, 0.6) is 0 Å². The molecule has 0 bridgehead atoms. The molecule has 29 heavy (non-hydrogen) atoms. The Balaban J connectivity index is 2.01. The van der Waals surface area contributed by atoms with Crippen molar-refractivity contribution in [1.29, 1.82) is 0 Å². The van der Waals surface area contributed by atoms with E-state index in [1.807, 2.05) is 4.90 Å². The molecular weight excluding hydrogens is 438 g/mol. The fraction of sp³-hybridized carbons (Fsp3) is 0.250. The monoisotopic (exact) mass is 454 g/mol. The summed E-state index contributed by atoms with van der Waals surface area (Å²) < 4.78 is 40.7. The number of aliphatic hydroxyl groups excluding tert-OH is 1. The number of fused-ring (bicyclic) bond motifs is 1. The van der Waals surface area contributed by atoms with Gasteiger partial charge in [-0.25, -0.2) is 12.8 Å². The lowest BCUT2D eigenvalue weighted by Gasteiger charge is -2.28. The fourth-order valence-corrected chi connectivity index (χ4v) is 5.90. The van der Waals surface area contributed by atoms with Crippen LogP contribution in [-0.4, -0.2) is 37.7 Å². The van der Waals surface area contributed by atoms with Gasteiger partial charge in [-0.15, -0.1) is 0 Å². The van der Waals surface area contributed by atoms with Crippen molar-refractivity contribution >= 4 is 49.6 Å². The third-order valence-electron chi connectivity index (χ3n) is 5.08. The summed E-state index contributed by atoms with van der Waals surface area (Å²) in [5, 5.41) is 10.7. The molecule has 1 aliphatic rings. The van der Waals surface area contributed by atoms with Gasteiger partial charge in [-0.3, -0.25) is 4.98 Å². The summed E-state index contributed by atoms with van der Waals surface area (Å²) in [6.07, 6.45) is 2.76. The van der Waals surface area contributed by atoms with Gasteiger partial charge < -0.3 is 10.0 Å². The number of halogens is 3. The molecule has 9 heteroatoms. The van der Waals surface area contributed by atoms with Gasteiger partial charge in [0.15, 0.2) is 0 Å². The topological polar surface area (TPSA) is 70.5 Å². The molecule has 1 N–H and O–H groups in total. The van der Waals surface area contributed by atoms with Crippen molar-refractivity contribution < 1.29 is 17.9 Å². The van der Waals surface area contributed by atoms with Gasteiger partial charge in [-0.2, -0.15) is 0 Å². The van der Waals surface area contributed by atoms with E-state index in [4.69, 9.17) is 23.2 Å². The predicted octanol–water partition coefficient (Wildman–Crippen LogP) is 4.47. The van der Waals surface area contributed by atoms with Crippen molar-refractivity contribution in [3.8, 4) is 0 Å². The highest BCUT2D eigenvalue weighted by Crippen LogP contribution is 2.40. The summed E-state index contributed by atoms with van der Waals surface area (Å²) in [6.45, 7) is 0.452. The molecule has 2 aromatic carbocycles. The molecule has 1 fully saturated rings. The van der Waals surface area contributed by atoms with E-state index in [1.165, 1.54) is 42.6 Å². The summed E-state index contributed by atoms with van der Waals surface area (Å²) in [5.41, 5.74) is 0.745. The van der Waals surface area contributed by atoms with Crippen LogP contribution in [-0.2, 0) is 9.84 Å². The molecule has 152 valence electrons. The number of nitrogens with zero attached hydrogens (tertiary/aromatic N) is 2. The second-order valence-electron chi connectivity index (χ2n) is 6.91. The van der Waals surface area contributed by atoms with E-state index >= 15 is 0 Å². The molecule has 2 heterocycles. The Morgan fingerprint density at radius 2 is 1.90 bits per heavy atom. The Morgan fingerprint density at radius 3 is 2.59 bits per heavy atom. The molecule has 3 aromatic rings. The zero-order chi connectivity index (χ0) is 20.8. The number of benzene rings is 2. The van der Waals surface area contributed by atoms with E-state index in [1.54, 1.807) is 0 Å². The first-order valence-corrected chi connectivity index (χ1v) is 11.2. The lowest BCUT2D eigenvalue weighted by atomic mass is 10.1. The Labute approximate surface area is 177 Å². The molecule has 4 rings (SSSR count). The largest absolute Gasteiger partial charge is 0.394 e. The first-order chi connectivity index (χ1) is 13.8. The number of rotatable bonds is 4. The quantitative estimate of drug-likeness (QED) is 0.629. The molecule has 0 spiro atoms. The van der Waals surface area contributed by atoms with Crippen LogP contribution in [0.15, 0.2) is 52.4 Å². The number of hydrogen-bond acceptors (Lipinski definition) is 5. The Hall–Kier alpha value is -1.93. The van der Waals surface area contributed by atoms with Gasteiger partial charge in [0, 0.05) is 34.2 Å². The lowest BCUT2D eigenvalue weighted by molar-refractivity contribution is 0.266. The van der Waals surface area contributed by atoms with E-state index < -0.39 is 15.7 Å². The van der Waals surface area contributed by atoms with Crippen LogP contribution in [0.3, 0.4) is 0 Å². The molecule has 5 nitrogen and oxygen atoms in total. The predicted molar refractivity (Wildman–Crippen MR) is 111 cm³/mol. The minimum atomic E-state index is -4.03. The number of aromatic nitrogens is 1. The third kappa shape index (κ3) is 3.68. The van der Waals surface area contributed by atoms with Crippen molar-refractivity contribution in [3.05, 3.63) is 58.5 Å². The zero-order valence-electron chi connectivity index (χ0n) is 15.1. The van der Waals surface area contributed by atoms with Crippen LogP contribution in [0.4, 0.5) is 10.1 Å². The highest BCUT2D eigenvalue weighted by Gasteiger charge is 2.32. The third-order valence-corrected chi connectivity index (χ3v) is 7.25. The molecule has 0 radical (unpaired) electrons. The number of hydrogen-bond donors (Lipinski definition) is 1.